The summed E-state index contributed by atoms with van der Waals surface area (Å²) in [5.74, 6) is 0.116. The first-order valence-electron chi connectivity index (χ1n) is 11.0. The molecule has 4 aromatic rings. The Labute approximate surface area is 195 Å². The normalized spacial score (nSPS) is 14.9. The van der Waals surface area contributed by atoms with Crippen LogP contribution in [0.4, 0.5) is 16.0 Å². The van der Waals surface area contributed by atoms with Gasteiger partial charge < -0.3 is 10.1 Å². The highest BCUT2D eigenvalue weighted by molar-refractivity contribution is 6.05. The van der Waals surface area contributed by atoms with E-state index in [1.54, 1.807) is 24.1 Å². The first-order valence-corrected chi connectivity index (χ1v) is 11.0. The third-order valence-corrected chi connectivity index (χ3v) is 5.99. The van der Waals surface area contributed by atoms with Crippen LogP contribution in [0.1, 0.15) is 18.0 Å². The Kier molecular flexibility index (Phi) is 5.71. The standard InChI is InChI=1S/C26H23FN4O3/c1-34-18-12-10-17(11-13-18)14-15-30-25(33)23(16-24(32)28-20-7-3-2-6-19(20)27)31-22-9-5-4-8-21(22)29-26(30)31/h2-13,23H,14-16H2,1H3,(H,28,32)/t23-/m0/s1. The molecule has 0 saturated heterocycles. The molecule has 3 aromatic carbocycles. The number of fused-ring (bicyclic) bond motifs is 3. The molecule has 0 saturated carbocycles. The van der Waals surface area contributed by atoms with Gasteiger partial charge in [-0.25, -0.2) is 9.37 Å². The number of benzene rings is 3. The number of halogens is 1. The molecule has 172 valence electrons. The van der Waals surface area contributed by atoms with Gasteiger partial charge in [0.15, 0.2) is 0 Å². The van der Waals surface area contributed by atoms with Crippen LogP contribution in [0.15, 0.2) is 72.8 Å². The summed E-state index contributed by atoms with van der Waals surface area (Å²) in [5, 5.41) is 2.58. The van der Waals surface area contributed by atoms with E-state index in [0.717, 1.165) is 22.3 Å². The summed E-state index contributed by atoms with van der Waals surface area (Å²) in [6.07, 6.45) is 0.493. The number of nitrogens with zero attached hydrogens (tertiary/aromatic N) is 3. The Balaban J connectivity index is 1.40. The van der Waals surface area contributed by atoms with Crippen LogP contribution in [0, 0.1) is 5.82 Å². The topological polar surface area (TPSA) is 76.5 Å². The molecule has 0 spiro atoms. The number of methoxy groups -OCH3 is 1. The molecule has 1 aliphatic heterocycles. The molecule has 0 unspecified atom stereocenters. The van der Waals surface area contributed by atoms with Crippen LogP contribution < -0.4 is 15.0 Å². The molecule has 34 heavy (non-hydrogen) atoms. The number of imidazole rings is 1. The highest BCUT2D eigenvalue weighted by atomic mass is 19.1. The zero-order chi connectivity index (χ0) is 23.7. The van der Waals surface area contributed by atoms with Crippen LogP contribution in [-0.2, 0) is 16.0 Å². The molecule has 1 N–H and O–H groups in total. The van der Waals surface area contributed by atoms with Gasteiger partial charge in [-0.3, -0.25) is 19.1 Å². The van der Waals surface area contributed by atoms with Gasteiger partial charge in [0.2, 0.25) is 11.9 Å². The van der Waals surface area contributed by atoms with E-state index in [1.165, 1.54) is 12.1 Å². The van der Waals surface area contributed by atoms with E-state index in [-0.39, 0.29) is 18.0 Å². The van der Waals surface area contributed by atoms with Crippen molar-refractivity contribution in [1.29, 1.82) is 0 Å². The number of nitrogens with one attached hydrogen (secondary N) is 1. The highest BCUT2D eigenvalue weighted by Crippen LogP contribution is 2.36. The van der Waals surface area contributed by atoms with E-state index < -0.39 is 17.8 Å². The molecular formula is C26H23FN4O3. The van der Waals surface area contributed by atoms with Crippen molar-refractivity contribution in [3.05, 3.63) is 84.2 Å². The van der Waals surface area contributed by atoms with Gasteiger partial charge in [0.1, 0.15) is 17.6 Å². The second-order valence-corrected chi connectivity index (χ2v) is 8.11. The summed E-state index contributed by atoms with van der Waals surface area (Å²) in [4.78, 5) is 32.5. The molecule has 2 amide bonds. The van der Waals surface area contributed by atoms with E-state index in [0.29, 0.717) is 18.9 Å². The Morgan fingerprint density at radius 2 is 1.79 bits per heavy atom. The lowest BCUT2D eigenvalue weighted by molar-refractivity contribution is -0.124. The average Bonchev–Trinajstić information content (AvgIpc) is 3.34. The van der Waals surface area contributed by atoms with Gasteiger partial charge in [0.05, 0.1) is 30.3 Å². The van der Waals surface area contributed by atoms with E-state index in [1.807, 2.05) is 53.1 Å². The summed E-state index contributed by atoms with van der Waals surface area (Å²) in [6.45, 7) is 0.417. The van der Waals surface area contributed by atoms with Crippen molar-refractivity contribution in [3.63, 3.8) is 0 Å². The van der Waals surface area contributed by atoms with Crippen LogP contribution in [0.3, 0.4) is 0 Å². The van der Waals surface area contributed by atoms with Gasteiger partial charge in [-0.2, -0.15) is 0 Å². The number of hydrogen-bond donors (Lipinski definition) is 1. The van der Waals surface area contributed by atoms with Crippen LogP contribution in [0.25, 0.3) is 11.0 Å². The van der Waals surface area contributed by atoms with Crippen LogP contribution in [0.5, 0.6) is 5.75 Å². The number of para-hydroxylation sites is 3. The number of amides is 2. The molecule has 8 heteroatoms. The monoisotopic (exact) mass is 458 g/mol. The predicted octanol–water partition coefficient (Wildman–Crippen LogP) is 4.34. The number of rotatable bonds is 7. The molecule has 0 aliphatic carbocycles. The first-order chi connectivity index (χ1) is 16.5. The second kappa shape index (κ2) is 8.97. The Morgan fingerprint density at radius 1 is 1.06 bits per heavy atom. The van der Waals surface area contributed by atoms with Crippen molar-refractivity contribution >= 4 is 34.5 Å². The third-order valence-electron chi connectivity index (χ3n) is 5.99. The minimum absolute atomic E-state index is 0.0880. The summed E-state index contributed by atoms with van der Waals surface area (Å²) < 4.78 is 21.0. The van der Waals surface area contributed by atoms with Crippen molar-refractivity contribution in [1.82, 2.24) is 9.55 Å². The first kappa shape index (κ1) is 21.6. The molecule has 0 fully saturated rings. The Morgan fingerprint density at radius 3 is 2.56 bits per heavy atom. The number of anilines is 2. The van der Waals surface area contributed by atoms with Gasteiger partial charge in [-0.05, 0) is 48.4 Å². The predicted molar refractivity (Wildman–Crippen MR) is 127 cm³/mol. The average molecular weight is 458 g/mol. The summed E-state index contributed by atoms with van der Waals surface area (Å²) in [7, 11) is 1.62. The molecule has 5 rings (SSSR count). The second-order valence-electron chi connectivity index (χ2n) is 8.11. The maximum Gasteiger partial charge on any atom is 0.253 e. The van der Waals surface area contributed by atoms with Crippen molar-refractivity contribution in [2.24, 2.45) is 0 Å². The smallest absolute Gasteiger partial charge is 0.253 e. The van der Waals surface area contributed by atoms with Crippen molar-refractivity contribution in [3.8, 4) is 5.75 Å². The lowest BCUT2D eigenvalue weighted by atomic mass is 10.1. The van der Waals surface area contributed by atoms with Gasteiger partial charge in [-0.15, -0.1) is 0 Å². The molecule has 0 bridgehead atoms. The zero-order valence-corrected chi connectivity index (χ0v) is 18.6. The number of carbonyl (C=O) groups excluding carboxylic acids is 2. The zero-order valence-electron chi connectivity index (χ0n) is 18.6. The summed E-state index contributed by atoms with van der Waals surface area (Å²) >= 11 is 0. The number of aromatic nitrogens is 2. The van der Waals surface area contributed by atoms with E-state index in [2.05, 4.69) is 10.3 Å². The van der Waals surface area contributed by atoms with Gasteiger partial charge in [0, 0.05) is 6.54 Å². The van der Waals surface area contributed by atoms with Crippen LogP contribution >= 0.6 is 0 Å². The molecule has 0 radical (unpaired) electrons. The van der Waals surface area contributed by atoms with E-state index in [4.69, 9.17) is 4.74 Å². The highest BCUT2D eigenvalue weighted by Gasteiger charge is 2.40. The minimum Gasteiger partial charge on any atom is -0.497 e. The fraction of sp³-hybridized carbons (Fsp3) is 0.192. The molecule has 1 atom stereocenters. The molecule has 1 aromatic heterocycles. The summed E-state index contributed by atoms with van der Waals surface area (Å²) in [6, 6.07) is 20.4. The Hall–Kier alpha value is -4.20. The van der Waals surface area contributed by atoms with Crippen molar-refractivity contribution in [2.75, 3.05) is 23.9 Å². The molecule has 7 nitrogen and oxygen atoms in total. The molecular weight excluding hydrogens is 435 g/mol. The number of carbonyl (C=O) groups is 2. The fourth-order valence-electron chi connectivity index (χ4n) is 4.28. The van der Waals surface area contributed by atoms with E-state index >= 15 is 0 Å². The number of hydrogen-bond acceptors (Lipinski definition) is 4. The van der Waals surface area contributed by atoms with Crippen LogP contribution in [0.2, 0.25) is 0 Å². The maximum absolute atomic E-state index is 14.0. The SMILES string of the molecule is COc1ccc(CCN2C(=O)[C@H](CC(=O)Nc3ccccc3F)n3c2nc2ccccc23)cc1. The number of ether oxygens (including phenoxy) is 1. The van der Waals surface area contributed by atoms with E-state index in [9.17, 15) is 14.0 Å². The maximum atomic E-state index is 14.0. The van der Waals surface area contributed by atoms with Crippen LogP contribution in [-0.4, -0.2) is 35.0 Å². The van der Waals surface area contributed by atoms with Gasteiger partial charge in [-0.1, -0.05) is 36.4 Å². The summed E-state index contributed by atoms with van der Waals surface area (Å²) in [5.41, 5.74) is 2.67. The van der Waals surface area contributed by atoms with Crippen molar-refractivity contribution < 1.29 is 18.7 Å². The largest absolute Gasteiger partial charge is 0.497 e. The molecule has 1 aliphatic rings. The minimum atomic E-state index is -0.759. The Bertz CT molecular complexity index is 1370. The van der Waals surface area contributed by atoms with Gasteiger partial charge in [0.25, 0.3) is 5.91 Å². The lowest BCUT2D eigenvalue weighted by Gasteiger charge is -2.16. The van der Waals surface area contributed by atoms with Gasteiger partial charge >= 0.3 is 0 Å². The lowest BCUT2D eigenvalue weighted by Crippen LogP contribution is -2.33. The quantitative estimate of drug-likeness (QED) is 0.447. The van der Waals surface area contributed by atoms with Crippen molar-refractivity contribution in [2.45, 2.75) is 18.9 Å². The third kappa shape index (κ3) is 3.98. The fourth-order valence-corrected chi connectivity index (χ4v) is 4.28. The molecule has 2 heterocycles.